The maximum absolute atomic E-state index is 11.8. The minimum Gasteiger partial charge on any atom is -0.390 e. The summed E-state index contributed by atoms with van der Waals surface area (Å²) < 4.78 is 66.2. The van der Waals surface area contributed by atoms with Gasteiger partial charge in [-0.2, -0.15) is 17.9 Å². The first-order valence-electron chi connectivity index (χ1n) is 7.89. The molecule has 1 aromatic rings. The molecule has 184 valence electrons. The molecule has 19 nitrogen and oxygen atoms in total. The lowest BCUT2D eigenvalue weighted by atomic mass is 10.2. The van der Waals surface area contributed by atoms with E-state index in [0.717, 1.165) is 4.57 Å². The van der Waals surface area contributed by atoms with Gasteiger partial charge < -0.3 is 40.0 Å². The van der Waals surface area contributed by atoms with Crippen molar-refractivity contribution in [1.29, 1.82) is 0 Å². The first-order valence-corrected chi connectivity index (χ1v) is 13.9. The summed E-state index contributed by atoms with van der Waals surface area (Å²) in [5, 5.41) is 9.99. The zero-order valence-electron chi connectivity index (χ0n) is 15.3. The van der Waals surface area contributed by atoms with E-state index < -0.39 is 62.0 Å². The van der Waals surface area contributed by atoms with E-state index in [-0.39, 0.29) is 12.2 Å². The number of aliphatic hydroxyl groups is 1. The first kappa shape index (κ1) is 27.4. The van der Waals surface area contributed by atoms with Crippen LogP contribution in [0.25, 0.3) is 0 Å². The number of hydrogen-bond donors (Lipinski definition) is 7. The Morgan fingerprint density at radius 3 is 2.19 bits per heavy atom. The van der Waals surface area contributed by atoms with Crippen LogP contribution >= 0.6 is 31.3 Å². The van der Waals surface area contributed by atoms with Gasteiger partial charge in [0.1, 0.15) is 18.1 Å². The van der Waals surface area contributed by atoms with Crippen molar-refractivity contribution < 1.29 is 70.0 Å². The molecule has 1 aliphatic heterocycles. The molecule has 1 aliphatic rings. The molecule has 0 aromatic carbocycles. The van der Waals surface area contributed by atoms with Crippen molar-refractivity contribution in [2.24, 2.45) is 0 Å². The van der Waals surface area contributed by atoms with Crippen LogP contribution in [-0.4, -0.2) is 57.9 Å². The Morgan fingerprint density at radius 1 is 1.06 bits per heavy atom. The Hall–Kier alpha value is -0.840. The largest absolute Gasteiger partial charge is 0.490 e. The van der Waals surface area contributed by atoms with E-state index in [9.17, 15) is 37.9 Å². The summed E-state index contributed by atoms with van der Waals surface area (Å²) in [6.45, 7) is -0.946. The molecule has 0 spiro atoms. The molecule has 6 atom stereocenters. The Bertz CT molecular complexity index is 1080. The van der Waals surface area contributed by atoms with Gasteiger partial charge in [0.05, 0.1) is 12.7 Å². The highest BCUT2D eigenvalue weighted by Crippen LogP contribution is 2.70. The first-order chi connectivity index (χ1) is 14.4. The van der Waals surface area contributed by atoms with Crippen molar-refractivity contribution in [3.8, 4) is 0 Å². The number of phosphoric ester groups is 1. The van der Waals surface area contributed by atoms with E-state index in [1.807, 2.05) is 0 Å². The summed E-state index contributed by atoms with van der Waals surface area (Å²) in [6, 6.07) is 1.27. The highest BCUT2D eigenvalue weighted by molar-refractivity contribution is 7.69. The molecule has 1 aromatic heterocycles. The average molecular weight is 547 g/mol. The maximum Gasteiger partial charge on any atom is 0.490 e. The summed E-state index contributed by atoms with van der Waals surface area (Å²) in [5.41, 5.74) is 4.54. The lowest BCUT2D eigenvalue weighted by Crippen LogP contribution is -2.28. The molecule has 0 saturated carbocycles. The number of anilines is 1. The molecule has 6 unspecified atom stereocenters. The van der Waals surface area contributed by atoms with Gasteiger partial charge in [0.25, 0.3) is 0 Å². The lowest BCUT2D eigenvalue weighted by Gasteiger charge is -2.20. The number of phosphoric acid groups is 4. The van der Waals surface area contributed by atoms with E-state index in [0.29, 0.717) is 0 Å². The predicted molar refractivity (Wildman–Crippen MR) is 98.2 cm³/mol. The standard InChI is InChI=1S/C9H17N3O16P4/c10-7-1-2-12(9(14)11-7)8-3-5(13)6(25-8)4-24-30(18,19)27-32(22,23)28-31(20,21)26-29(15,16)17/h1-2,5-6,8,13H,3-4H2,(H,18,19)(H,20,21)(H,22,23)(H2,10,11,14)(H2,15,16,17). The number of nitrogens with zero attached hydrogens (tertiary/aromatic N) is 2. The monoisotopic (exact) mass is 547 g/mol. The molecule has 0 amide bonds. The summed E-state index contributed by atoms with van der Waals surface area (Å²) in [5.74, 6) is -0.0719. The van der Waals surface area contributed by atoms with Gasteiger partial charge in [0, 0.05) is 12.6 Å². The second-order valence-corrected chi connectivity index (χ2v) is 11.9. The summed E-state index contributed by atoms with van der Waals surface area (Å²) in [6.07, 6.45) is -2.75. The molecule has 1 saturated heterocycles. The number of aromatic nitrogens is 2. The number of nitrogens with two attached hydrogens (primary N) is 1. The quantitative estimate of drug-likeness (QED) is 0.172. The van der Waals surface area contributed by atoms with E-state index in [4.69, 9.17) is 25.2 Å². The molecular formula is C9H17N3O16P4. The molecule has 8 N–H and O–H groups in total. The molecular weight excluding hydrogens is 530 g/mol. The summed E-state index contributed by atoms with van der Waals surface area (Å²) >= 11 is 0. The van der Waals surface area contributed by atoms with E-state index >= 15 is 0 Å². The SMILES string of the molecule is Nc1ccn(C2CC(O)C(COP(=O)(O)OP(=O)(O)OP(=O)(O)OP(=O)(O)O)O2)c(=O)n1. The molecule has 32 heavy (non-hydrogen) atoms. The van der Waals surface area contributed by atoms with Crippen LogP contribution in [0.2, 0.25) is 0 Å². The Labute approximate surface area is 177 Å². The average Bonchev–Trinajstić information content (AvgIpc) is 2.89. The van der Waals surface area contributed by atoms with Gasteiger partial charge in [-0.15, -0.1) is 0 Å². The van der Waals surface area contributed by atoms with Gasteiger partial charge in [-0.3, -0.25) is 9.09 Å². The number of hydrogen-bond acceptors (Lipinski definition) is 13. The van der Waals surface area contributed by atoms with Crippen LogP contribution in [0.1, 0.15) is 12.6 Å². The van der Waals surface area contributed by atoms with E-state index in [1.54, 1.807) is 0 Å². The molecule has 2 rings (SSSR count). The maximum atomic E-state index is 11.8. The summed E-state index contributed by atoms with van der Waals surface area (Å²) in [4.78, 5) is 59.9. The third-order valence-corrected chi connectivity index (χ3v) is 8.84. The third-order valence-electron chi connectivity index (χ3n) is 3.39. The fraction of sp³-hybridized carbons (Fsp3) is 0.556. The topological polar surface area (TPSA) is 297 Å². The Kier molecular flexibility index (Phi) is 8.39. The van der Waals surface area contributed by atoms with Crippen molar-refractivity contribution in [3.63, 3.8) is 0 Å². The van der Waals surface area contributed by atoms with Crippen molar-refractivity contribution in [2.75, 3.05) is 12.3 Å². The van der Waals surface area contributed by atoms with Gasteiger partial charge in [0.15, 0.2) is 0 Å². The van der Waals surface area contributed by atoms with Crippen LogP contribution in [0.4, 0.5) is 5.82 Å². The third kappa shape index (κ3) is 8.50. The van der Waals surface area contributed by atoms with E-state index in [1.165, 1.54) is 12.3 Å². The smallest absolute Gasteiger partial charge is 0.390 e. The Morgan fingerprint density at radius 2 is 1.62 bits per heavy atom. The predicted octanol–water partition coefficient (Wildman–Crippen LogP) is -1.07. The fourth-order valence-corrected chi connectivity index (χ4v) is 6.76. The number of nitrogen functional groups attached to an aromatic ring is 1. The van der Waals surface area contributed by atoms with Crippen LogP contribution in [0, 0.1) is 0 Å². The minimum absolute atomic E-state index is 0.0719. The van der Waals surface area contributed by atoms with E-state index in [2.05, 4.69) is 22.4 Å². The number of aliphatic hydroxyl groups excluding tert-OH is 1. The van der Waals surface area contributed by atoms with Crippen LogP contribution in [0.3, 0.4) is 0 Å². The summed E-state index contributed by atoms with van der Waals surface area (Å²) in [7, 11) is -23.1. The number of rotatable bonds is 10. The van der Waals surface area contributed by atoms with Crippen LogP contribution in [0.5, 0.6) is 0 Å². The fourth-order valence-electron chi connectivity index (χ4n) is 2.30. The Balaban J connectivity index is 1.98. The molecule has 0 aliphatic carbocycles. The van der Waals surface area contributed by atoms with Crippen molar-refractivity contribution in [1.82, 2.24) is 9.55 Å². The highest BCUT2D eigenvalue weighted by Gasteiger charge is 2.46. The molecule has 1 fully saturated rings. The minimum atomic E-state index is -5.96. The molecule has 0 bridgehead atoms. The molecule has 23 heteroatoms. The van der Waals surface area contributed by atoms with Crippen LogP contribution in [-0.2, 0) is 40.5 Å². The zero-order chi connectivity index (χ0) is 24.5. The van der Waals surface area contributed by atoms with Crippen molar-refractivity contribution in [3.05, 3.63) is 22.7 Å². The molecule has 0 radical (unpaired) electrons. The lowest BCUT2D eigenvalue weighted by molar-refractivity contribution is -0.0449. The van der Waals surface area contributed by atoms with Gasteiger partial charge in [-0.1, -0.05) is 0 Å². The second kappa shape index (κ2) is 9.80. The van der Waals surface area contributed by atoms with Gasteiger partial charge in [0.2, 0.25) is 0 Å². The van der Waals surface area contributed by atoms with Crippen molar-refractivity contribution in [2.45, 2.75) is 24.9 Å². The normalized spacial score (nSPS) is 27.4. The van der Waals surface area contributed by atoms with Gasteiger partial charge >= 0.3 is 37.0 Å². The second-order valence-electron chi connectivity index (χ2n) is 5.91. The molecule has 2 heterocycles. The highest BCUT2D eigenvalue weighted by atomic mass is 31.3. The van der Waals surface area contributed by atoms with Gasteiger partial charge in [-0.05, 0) is 6.07 Å². The van der Waals surface area contributed by atoms with Crippen molar-refractivity contribution >= 4 is 37.1 Å². The number of ether oxygens (including phenoxy) is 1. The van der Waals surface area contributed by atoms with Crippen LogP contribution in [0.15, 0.2) is 17.1 Å². The van der Waals surface area contributed by atoms with Gasteiger partial charge in [-0.25, -0.2) is 23.1 Å². The zero-order valence-corrected chi connectivity index (χ0v) is 18.9. The van der Waals surface area contributed by atoms with Crippen LogP contribution < -0.4 is 11.4 Å².